The topological polar surface area (TPSA) is 67.8 Å². The number of oxime groups is 1. The minimum absolute atomic E-state index is 0.0304. The summed E-state index contributed by atoms with van der Waals surface area (Å²) in [5.74, 6) is 0.426. The van der Waals surface area contributed by atoms with E-state index in [-0.39, 0.29) is 17.1 Å². The fraction of sp³-hybridized carbons (Fsp3) is 0.381. The van der Waals surface area contributed by atoms with Crippen molar-refractivity contribution in [1.29, 1.82) is 0 Å². The smallest absolute Gasteiger partial charge is 0.261 e. The average Bonchev–Trinajstić information content (AvgIpc) is 2.61. The molecule has 0 amide bonds. The number of hydrogen-bond acceptors (Lipinski definition) is 3. The molecule has 0 radical (unpaired) electrons. The van der Waals surface area contributed by atoms with Crippen molar-refractivity contribution in [1.82, 2.24) is 0 Å². The number of hydrogen-bond donors (Lipinski definition) is 2. The Balaban J connectivity index is 2.02. The summed E-state index contributed by atoms with van der Waals surface area (Å²) >= 11 is 0. The maximum absolute atomic E-state index is 8.91. The van der Waals surface area contributed by atoms with Gasteiger partial charge < -0.3 is 15.4 Å². The Morgan fingerprint density at radius 1 is 1.00 bits per heavy atom. The van der Waals surface area contributed by atoms with Crippen LogP contribution in [0.1, 0.15) is 33.6 Å². The number of nitrogens with zero attached hydrogens (tertiary/aromatic N) is 1. The number of rotatable bonds is 5. The fourth-order valence-electron chi connectivity index (χ4n) is 3.93. The van der Waals surface area contributed by atoms with Gasteiger partial charge in [0.25, 0.3) is 8.32 Å². The van der Waals surface area contributed by atoms with E-state index in [9.17, 15) is 0 Å². The Morgan fingerprint density at radius 2 is 1.46 bits per heavy atom. The Labute approximate surface area is 156 Å². The highest BCUT2D eigenvalue weighted by Crippen LogP contribution is 2.41. The number of amidine groups is 1. The van der Waals surface area contributed by atoms with Crippen molar-refractivity contribution >= 4 is 24.5 Å². The van der Waals surface area contributed by atoms with Crippen molar-refractivity contribution in [2.75, 3.05) is 0 Å². The summed E-state index contributed by atoms with van der Waals surface area (Å²) in [6, 6.07) is 21.3. The molecule has 0 bridgehead atoms. The van der Waals surface area contributed by atoms with Gasteiger partial charge in [-0.15, -0.1) is 0 Å². The molecule has 5 heteroatoms. The quantitative estimate of drug-likeness (QED) is 0.280. The van der Waals surface area contributed by atoms with Gasteiger partial charge in [0, 0.05) is 12.0 Å². The molecule has 26 heavy (non-hydrogen) atoms. The molecule has 0 unspecified atom stereocenters. The van der Waals surface area contributed by atoms with Crippen LogP contribution in [-0.4, -0.2) is 25.5 Å². The highest BCUT2D eigenvalue weighted by atomic mass is 28.4. The van der Waals surface area contributed by atoms with E-state index < -0.39 is 8.32 Å². The van der Waals surface area contributed by atoms with Crippen molar-refractivity contribution < 1.29 is 9.63 Å². The highest BCUT2D eigenvalue weighted by Gasteiger charge is 2.53. The van der Waals surface area contributed by atoms with Gasteiger partial charge in [-0.05, 0) is 28.3 Å². The summed E-state index contributed by atoms with van der Waals surface area (Å²) in [7, 11) is -2.50. The van der Waals surface area contributed by atoms with Crippen LogP contribution in [0.2, 0.25) is 5.04 Å². The minimum Gasteiger partial charge on any atom is -0.409 e. The summed E-state index contributed by atoms with van der Waals surface area (Å²) in [4.78, 5) is 0. The minimum atomic E-state index is -2.50. The molecule has 0 spiro atoms. The van der Waals surface area contributed by atoms with Crippen molar-refractivity contribution in [2.45, 2.75) is 44.8 Å². The van der Waals surface area contributed by atoms with Crippen LogP contribution in [-0.2, 0) is 4.43 Å². The molecule has 0 heterocycles. The fourth-order valence-corrected chi connectivity index (χ4v) is 8.63. The lowest BCUT2D eigenvalue weighted by molar-refractivity contribution is 0.0821. The third-order valence-electron chi connectivity index (χ3n) is 5.39. The zero-order valence-corrected chi connectivity index (χ0v) is 16.7. The molecule has 0 aromatic heterocycles. The monoisotopic (exact) mass is 368 g/mol. The van der Waals surface area contributed by atoms with Gasteiger partial charge in [0.15, 0.2) is 0 Å². The standard InChI is InChI=1S/C21H28N2O2Si/c1-21(2,3)26(18-10-6-4-7-11-18,19-12-8-5-9-13-19)25-17-14-16(15-17)20(22)23-24/h4-13,16-17,24H,14-15H2,1-3H3,(H2,22,23)/t16-,17+. The molecule has 0 saturated heterocycles. The molecule has 0 atom stereocenters. The summed E-state index contributed by atoms with van der Waals surface area (Å²) in [6.07, 6.45) is 1.74. The third-order valence-corrected chi connectivity index (χ3v) is 10.5. The summed E-state index contributed by atoms with van der Waals surface area (Å²) < 4.78 is 6.98. The van der Waals surface area contributed by atoms with E-state index in [1.807, 2.05) is 12.1 Å². The average molecular weight is 369 g/mol. The molecule has 2 aromatic carbocycles. The van der Waals surface area contributed by atoms with Gasteiger partial charge >= 0.3 is 0 Å². The Bertz CT molecular complexity index is 711. The number of nitrogens with two attached hydrogens (primary N) is 1. The van der Waals surface area contributed by atoms with Gasteiger partial charge in [0.05, 0.1) is 0 Å². The second kappa shape index (κ2) is 7.25. The van der Waals surface area contributed by atoms with Crippen molar-refractivity contribution in [3.63, 3.8) is 0 Å². The van der Waals surface area contributed by atoms with E-state index >= 15 is 0 Å². The van der Waals surface area contributed by atoms with Crippen LogP contribution in [0.5, 0.6) is 0 Å². The maximum atomic E-state index is 8.91. The highest BCUT2D eigenvalue weighted by molar-refractivity contribution is 6.99. The van der Waals surface area contributed by atoms with Crippen LogP contribution in [0.25, 0.3) is 0 Å². The van der Waals surface area contributed by atoms with Gasteiger partial charge in [-0.1, -0.05) is 86.6 Å². The van der Waals surface area contributed by atoms with Gasteiger partial charge in [-0.2, -0.15) is 0 Å². The van der Waals surface area contributed by atoms with E-state index in [1.54, 1.807) is 0 Å². The molecule has 3 rings (SSSR count). The van der Waals surface area contributed by atoms with Gasteiger partial charge in [0.1, 0.15) is 5.84 Å². The van der Waals surface area contributed by atoms with Crippen LogP contribution in [0.3, 0.4) is 0 Å². The summed E-state index contributed by atoms with van der Waals surface area (Å²) in [5, 5.41) is 14.6. The Kier molecular flexibility index (Phi) is 5.21. The normalized spacial score (nSPS) is 21.3. The first kappa shape index (κ1) is 18.7. The van der Waals surface area contributed by atoms with E-state index in [1.165, 1.54) is 10.4 Å². The van der Waals surface area contributed by atoms with E-state index in [0.717, 1.165) is 12.8 Å². The Morgan fingerprint density at radius 3 is 1.85 bits per heavy atom. The SMILES string of the molecule is CC(C)(C)[Si](O[C@H]1C[C@@H](/C(N)=N/O)C1)(c1ccccc1)c1ccccc1. The first-order valence-corrected chi connectivity index (χ1v) is 11.1. The second-order valence-electron chi connectivity index (χ2n) is 8.10. The lowest BCUT2D eigenvalue weighted by atomic mass is 9.82. The molecular weight excluding hydrogens is 340 g/mol. The van der Waals surface area contributed by atoms with Gasteiger partial charge in [-0.3, -0.25) is 0 Å². The molecule has 1 fully saturated rings. The van der Waals surface area contributed by atoms with E-state index in [2.05, 4.69) is 74.5 Å². The van der Waals surface area contributed by atoms with Crippen molar-refractivity contribution in [3.8, 4) is 0 Å². The van der Waals surface area contributed by atoms with Crippen LogP contribution in [0, 0.1) is 5.92 Å². The third kappa shape index (κ3) is 3.29. The second-order valence-corrected chi connectivity index (χ2v) is 12.3. The van der Waals surface area contributed by atoms with Gasteiger partial charge in [-0.25, -0.2) is 0 Å². The van der Waals surface area contributed by atoms with E-state index in [4.69, 9.17) is 15.4 Å². The maximum Gasteiger partial charge on any atom is 0.261 e. The first-order valence-electron chi connectivity index (χ1n) is 9.15. The van der Waals surface area contributed by atoms with E-state index in [0.29, 0.717) is 5.84 Å². The Hall–Kier alpha value is -2.11. The molecule has 1 saturated carbocycles. The molecule has 4 nitrogen and oxygen atoms in total. The molecule has 3 N–H and O–H groups in total. The summed E-state index contributed by atoms with van der Waals surface area (Å²) in [5.41, 5.74) is 5.77. The van der Waals surface area contributed by atoms with Crippen LogP contribution in [0.15, 0.2) is 65.8 Å². The summed E-state index contributed by atoms with van der Waals surface area (Å²) in [6.45, 7) is 6.83. The molecule has 1 aliphatic rings. The molecule has 1 aliphatic carbocycles. The van der Waals surface area contributed by atoms with Crippen molar-refractivity contribution in [3.05, 3.63) is 60.7 Å². The predicted molar refractivity (Wildman–Crippen MR) is 109 cm³/mol. The van der Waals surface area contributed by atoms with Crippen LogP contribution < -0.4 is 16.1 Å². The number of benzene rings is 2. The van der Waals surface area contributed by atoms with Crippen molar-refractivity contribution in [2.24, 2.45) is 16.8 Å². The molecule has 0 aliphatic heterocycles. The molecular formula is C21H28N2O2Si. The van der Waals surface area contributed by atoms with Crippen LogP contribution >= 0.6 is 0 Å². The first-order chi connectivity index (χ1) is 12.4. The lowest BCUT2D eigenvalue weighted by Crippen LogP contribution is -2.68. The predicted octanol–water partition coefficient (Wildman–Crippen LogP) is 3.09. The largest absolute Gasteiger partial charge is 0.409 e. The van der Waals surface area contributed by atoms with Gasteiger partial charge in [0.2, 0.25) is 0 Å². The lowest BCUT2D eigenvalue weighted by Gasteiger charge is -2.48. The molecule has 2 aromatic rings. The zero-order valence-electron chi connectivity index (χ0n) is 15.7. The van der Waals surface area contributed by atoms with Crippen LogP contribution in [0.4, 0.5) is 0 Å². The zero-order chi connectivity index (χ0) is 18.8. The molecule has 138 valence electrons.